The predicted molar refractivity (Wildman–Crippen MR) is 263 cm³/mol. The van der Waals surface area contributed by atoms with Crippen LogP contribution in [-0.2, 0) is 0 Å². The lowest BCUT2D eigenvalue weighted by molar-refractivity contribution is 0.446. The monoisotopic (exact) mass is 813 g/mol. The van der Waals surface area contributed by atoms with Crippen LogP contribution in [0.15, 0.2) is 196 Å². The van der Waals surface area contributed by atoms with Crippen LogP contribution in [0.25, 0.3) is 91.1 Å². The summed E-state index contributed by atoms with van der Waals surface area (Å²) in [5.41, 5.74) is 9.57. The quantitative estimate of drug-likeness (QED) is 0.174. The topological polar surface area (TPSA) is 42.8 Å². The lowest BCUT2D eigenvalue weighted by Gasteiger charge is -2.26. The van der Waals surface area contributed by atoms with Crippen LogP contribution in [-0.4, -0.2) is 16.1 Å². The molecule has 9 aromatic carbocycles. The Morgan fingerprint density at radius 2 is 1.26 bits per heavy atom. The number of thiophene rings is 1. The summed E-state index contributed by atoms with van der Waals surface area (Å²) in [7, 11) is 0. The van der Waals surface area contributed by atoms with Gasteiger partial charge in [0, 0.05) is 41.9 Å². The molecule has 294 valence electrons. The van der Waals surface area contributed by atoms with Crippen molar-refractivity contribution in [1.29, 1.82) is 0 Å². The summed E-state index contributed by atoms with van der Waals surface area (Å²) in [6.45, 7) is 2.36. The van der Waals surface area contributed by atoms with Crippen LogP contribution in [0, 0.1) is 5.92 Å². The largest absolute Gasteiger partial charge is 0.456 e. The molecule has 3 aromatic heterocycles. The first kappa shape index (κ1) is 35.4. The van der Waals surface area contributed by atoms with Crippen molar-refractivity contribution in [2.45, 2.75) is 25.8 Å². The van der Waals surface area contributed by atoms with Gasteiger partial charge < -0.3 is 8.98 Å². The van der Waals surface area contributed by atoms with E-state index in [0.717, 1.165) is 79.6 Å². The Kier molecular flexibility index (Phi) is 7.91. The van der Waals surface area contributed by atoms with Crippen molar-refractivity contribution in [1.82, 2.24) is 4.57 Å². The second-order valence-electron chi connectivity index (χ2n) is 16.9. The number of fused-ring (bicyclic) bond motifs is 11. The van der Waals surface area contributed by atoms with Crippen LogP contribution in [0.5, 0.6) is 0 Å². The zero-order chi connectivity index (χ0) is 40.9. The third-order valence-corrected chi connectivity index (χ3v) is 14.4. The van der Waals surface area contributed by atoms with Crippen LogP contribution in [0.2, 0.25) is 0 Å². The zero-order valence-electron chi connectivity index (χ0n) is 34.0. The molecule has 0 radical (unpaired) electrons. The van der Waals surface area contributed by atoms with E-state index in [1.54, 1.807) is 0 Å². The highest BCUT2D eigenvalue weighted by atomic mass is 32.1. The minimum absolute atomic E-state index is 0.190. The molecule has 0 aliphatic carbocycles. The van der Waals surface area contributed by atoms with Crippen molar-refractivity contribution in [3.05, 3.63) is 199 Å². The number of aromatic nitrogens is 1. The maximum Gasteiger partial charge on any atom is 0.156 e. The fourth-order valence-corrected chi connectivity index (χ4v) is 11.3. The van der Waals surface area contributed by atoms with Crippen LogP contribution in [0.1, 0.15) is 42.5 Å². The molecule has 2 atom stereocenters. The van der Waals surface area contributed by atoms with Crippen molar-refractivity contribution < 1.29 is 4.42 Å². The number of hydrogen-bond donors (Lipinski definition) is 0. The molecule has 62 heavy (non-hydrogen) atoms. The van der Waals surface area contributed by atoms with Crippen molar-refractivity contribution in [2.24, 2.45) is 15.9 Å². The SMILES string of the molecule is CC1CCC(c2ccc3c(c2)sc2ccccc23)=NC(c2cccc3ccccc23)=NC1c1cc(-n2c3ccccc3c3cc4ccccc4cc32)c2c(c1)oc1ccccc12. The number of rotatable bonds is 4. The van der Waals surface area contributed by atoms with Crippen molar-refractivity contribution >= 4 is 108 Å². The first-order valence-electron chi connectivity index (χ1n) is 21.6. The molecule has 0 fully saturated rings. The zero-order valence-corrected chi connectivity index (χ0v) is 34.9. The van der Waals surface area contributed by atoms with E-state index < -0.39 is 0 Å². The van der Waals surface area contributed by atoms with Crippen LogP contribution in [0.3, 0.4) is 0 Å². The normalized spacial score (nSPS) is 16.2. The van der Waals surface area contributed by atoms with Gasteiger partial charge in [0.15, 0.2) is 5.84 Å². The number of amidine groups is 1. The lowest BCUT2D eigenvalue weighted by Crippen LogP contribution is -2.18. The van der Waals surface area contributed by atoms with Gasteiger partial charge >= 0.3 is 0 Å². The Morgan fingerprint density at radius 3 is 2.15 bits per heavy atom. The van der Waals surface area contributed by atoms with E-state index in [9.17, 15) is 0 Å². The number of para-hydroxylation sites is 2. The Morgan fingerprint density at radius 1 is 0.548 bits per heavy atom. The van der Waals surface area contributed by atoms with Gasteiger partial charge in [-0.2, -0.15) is 0 Å². The Balaban J connectivity index is 1.07. The highest BCUT2D eigenvalue weighted by Crippen LogP contribution is 2.44. The molecule has 0 N–H and O–H groups in total. The average molecular weight is 814 g/mol. The molecule has 0 bridgehead atoms. The lowest BCUT2D eigenvalue weighted by atomic mass is 9.87. The second-order valence-corrected chi connectivity index (χ2v) is 18.0. The number of hydrogen-bond acceptors (Lipinski definition) is 4. The van der Waals surface area contributed by atoms with E-state index in [0.29, 0.717) is 0 Å². The van der Waals surface area contributed by atoms with Gasteiger partial charge in [-0.1, -0.05) is 140 Å². The third kappa shape index (κ3) is 5.51. The summed E-state index contributed by atoms with van der Waals surface area (Å²) in [5.74, 6) is 0.953. The van der Waals surface area contributed by atoms with Gasteiger partial charge in [0.2, 0.25) is 0 Å². The van der Waals surface area contributed by atoms with E-state index in [-0.39, 0.29) is 12.0 Å². The standard InChI is InChI=1S/C57H39N3OS/c1-34-25-28-47(38-26-27-43-42-19-8-11-24-53(42)62-54(43)33-38)58-57(44-21-12-16-35-13-4-5-17-40(35)44)59-56(34)39-31-50(55-45-20-7-10-23-51(45)61-52(55)32-39)60-48-22-9-6-18-41(48)46-29-36-14-2-3-15-37(36)30-49(46)60/h2-24,26-27,29-34,56H,25,28H2,1H3. The van der Waals surface area contributed by atoms with Gasteiger partial charge in [0.25, 0.3) is 0 Å². The molecule has 1 aliphatic rings. The van der Waals surface area contributed by atoms with Crippen LogP contribution < -0.4 is 0 Å². The van der Waals surface area contributed by atoms with E-state index in [4.69, 9.17) is 14.4 Å². The minimum atomic E-state index is -0.190. The number of aliphatic imine (C=N–C) groups is 2. The summed E-state index contributed by atoms with van der Waals surface area (Å²) >= 11 is 1.85. The molecule has 0 spiro atoms. The average Bonchev–Trinajstić information content (AvgIpc) is 3.98. The summed E-state index contributed by atoms with van der Waals surface area (Å²) in [6.07, 6.45) is 1.76. The summed E-state index contributed by atoms with van der Waals surface area (Å²) < 4.78 is 11.9. The van der Waals surface area contributed by atoms with Gasteiger partial charge in [-0.25, -0.2) is 4.99 Å². The van der Waals surface area contributed by atoms with Gasteiger partial charge in [0.1, 0.15) is 11.2 Å². The molecular weight excluding hydrogens is 775 g/mol. The molecule has 4 heterocycles. The van der Waals surface area contributed by atoms with E-state index in [2.05, 4.69) is 193 Å². The molecule has 0 amide bonds. The maximum atomic E-state index is 6.82. The molecule has 12 aromatic rings. The van der Waals surface area contributed by atoms with Crippen LogP contribution in [0.4, 0.5) is 0 Å². The second kappa shape index (κ2) is 13.8. The molecule has 13 rings (SSSR count). The van der Waals surface area contributed by atoms with Gasteiger partial charge in [-0.3, -0.25) is 4.99 Å². The van der Waals surface area contributed by atoms with E-state index in [1.807, 2.05) is 11.3 Å². The minimum Gasteiger partial charge on any atom is -0.456 e. The smallest absolute Gasteiger partial charge is 0.156 e. The van der Waals surface area contributed by atoms with Crippen molar-refractivity contribution in [3.8, 4) is 5.69 Å². The van der Waals surface area contributed by atoms with Crippen molar-refractivity contribution in [3.63, 3.8) is 0 Å². The van der Waals surface area contributed by atoms with Gasteiger partial charge in [-0.05, 0) is 100.0 Å². The number of benzene rings is 9. The predicted octanol–water partition coefficient (Wildman–Crippen LogP) is 15.8. The van der Waals surface area contributed by atoms with E-state index >= 15 is 0 Å². The van der Waals surface area contributed by atoms with Crippen LogP contribution >= 0.6 is 11.3 Å². The molecule has 1 aliphatic heterocycles. The molecule has 5 heteroatoms. The number of furan rings is 1. The first-order chi connectivity index (χ1) is 30.6. The summed E-state index contributed by atoms with van der Waals surface area (Å²) in [5, 5.41) is 12.0. The van der Waals surface area contributed by atoms with Crippen molar-refractivity contribution in [2.75, 3.05) is 0 Å². The van der Waals surface area contributed by atoms with Gasteiger partial charge in [-0.15, -0.1) is 11.3 Å². The third-order valence-electron chi connectivity index (χ3n) is 13.2. The number of nitrogens with zero attached hydrogens (tertiary/aromatic N) is 3. The molecule has 4 nitrogen and oxygen atoms in total. The van der Waals surface area contributed by atoms with E-state index in [1.165, 1.54) is 52.6 Å². The maximum absolute atomic E-state index is 6.82. The Hall–Kier alpha value is -7.34. The Labute approximate surface area is 361 Å². The molecule has 0 saturated carbocycles. The highest BCUT2D eigenvalue weighted by molar-refractivity contribution is 7.25. The fraction of sp³-hybridized carbons (Fsp3) is 0.0877. The summed E-state index contributed by atoms with van der Waals surface area (Å²) in [6, 6.07) is 65.8. The highest BCUT2D eigenvalue weighted by Gasteiger charge is 2.28. The summed E-state index contributed by atoms with van der Waals surface area (Å²) in [4.78, 5) is 11.4. The fourth-order valence-electron chi connectivity index (χ4n) is 10.2. The molecular formula is C57H39N3OS. The van der Waals surface area contributed by atoms with Gasteiger partial charge in [0.05, 0.1) is 33.9 Å². The molecule has 2 unspecified atom stereocenters. The Bertz CT molecular complexity index is 3860. The molecule has 0 saturated heterocycles. The first-order valence-corrected chi connectivity index (χ1v) is 22.4.